The Kier molecular flexibility index (Phi) is 2.95. The molecule has 76 valence electrons. The number of pyridine rings is 1. The fourth-order valence-electron chi connectivity index (χ4n) is 1.21. The maximum absolute atomic E-state index is 5.78. The van der Waals surface area contributed by atoms with E-state index in [1.54, 1.807) is 0 Å². The lowest BCUT2D eigenvalue weighted by molar-refractivity contribution is 0.299. The third kappa shape index (κ3) is 2.38. The van der Waals surface area contributed by atoms with E-state index in [9.17, 15) is 0 Å². The van der Waals surface area contributed by atoms with Crippen LogP contribution in [0.15, 0.2) is 12.3 Å². The molecule has 1 aliphatic carbocycles. The van der Waals surface area contributed by atoms with Crippen LogP contribution in [0.4, 0.5) is 0 Å². The molecular weight excluding hydrogens is 289 g/mol. The smallest absolute Gasteiger partial charge is 0.151 e. The zero-order valence-corrected chi connectivity index (χ0v) is 10.6. The average Bonchev–Trinajstić information content (AvgIpc) is 2.92. The van der Waals surface area contributed by atoms with Gasteiger partial charge in [-0.25, -0.2) is 4.98 Å². The van der Waals surface area contributed by atoms with E-state index in [1.807, 2.05) is 6.20 Å². The molecule has 1 heterocycles. The van der Waals surface area contributed by atoms with Gasteiger partial charge in [0.15, 0.2) is 5.75 Å². The topological polar surface area (TPSA) is 22.1 Å². The van der Waals surface area contributed by atoms with Gasteiger partial charge in [-0.05, 0) is 53.0 Å². The normalized spacial score (nSPS) is 16.0. The Hall–Kier alpha value is -0.320. The summed E-state index contributed by atoms with van der Waals surface area (Å²) >= 11 is 2.23. The third-order valence-electron chi connectivity index (χ3n) is 2.31. The fraction of sp³-hybridized carbons (Fsp3) is 0.545. The number of halogens is 1. The van der Waals surface area contributed by atoms with Crippen molar-refractivity contribution in [1.29, 1.82) is 0 Å². The molecule has 2 nitrogen and oxygen atoms in total. The molecule has 1 aromatic heterocycles. The minimum Gasteiger partial charge on any atom is -0.488 e. The van der Waals surface area contributed by atoms with Gasteiger partial charge in [0.05, 0.1) is 6.10 Å². The van der Waals surface area contributed by atoms with Gasteiger partial charge in [-0.15, -0.1) is 0 Å². The molecule has 0 bridgehead atoms. The molecule has 1 aliphatic rings. The second-order valence-electron chi connectivity index (χ2n) is 4.03. The summed E-state index contributed by atoms with van der Waals surface area (Å²) in [7, 11) is 0. The van der Waals surface area contributed by atoms with Gasteiger partial charge in [0.25, 0.3) is 0 Å². The molecule has 0 spiro atoms. The lowest BCUT2D eigenvalue weighted by Crippen LogP contribution is -2.01. The van der Waals surface area contributed by atoms with Crippen molar-refractivity contribution in [1.82, 2.24) is 4.98 Å². The number of nitrogens with zero attached hydrogens (tertiary/aromatic N) is 1. The van der Waals surface area contributed by atoms with E-state index >= 15 is 0 Å². The van der Waals surface area contributed by atoms with Crippen molar-refractivity contribution < 1.29 is 4.74 Å². The van der Waals surface area contributed by atoms with Crippen molar-refractivity contribution in [2.24, 2.45) is 0 Å². The first kappa shape index (κ1) is 10.2. The summed E-state index contributed by atoms with van der Waals surface area (Å²) in [6.45, 7) is 4.34. The minimum absolute atomic E-state index is 0.452. The largest absolute Gasteiger partial charge is 0.488 e. The van der Waals surface area contributed by atoms with Crippen molar-refractivity contribution in [3.63, 3.8) is 0 Å². The van der Waals surface area contributed by atoms with Crippen LogP contribution in [0.2, 0.25) is 0 Å². The SMILES string of the molecule is CC(C)c1cnc(I)c(OC2CC2)c1. The van der Waals surface area contributed by atoms with Crippen molar-refractivity contribution >= 4 is 22.6 Å². The van der Waals surface area contributed by atoms with Crippen LogP contribution in [-0.4, -0.2) is 11.1 Å². The summed E-state index contributed by atoms with van der Waals surface area (Å²) in [6, 6.07) is 2.12. The molecule has 0 N–H and O–H groups in total. The summed E-state index contributed by atoms with van der Waals surface area (Å²) in [5.74, 6) is 1.47. The Balaban J connectivity index is 2.21. The van der Waals surface area contributed by atoms with E-state index in [2.05, 4.69) is 47.5 Å². The van der Waals surface area contributed by atoms with Gasteiger partial charge in [0.1, 0.15) is 3.70 Å². The third-order valence-corrected chi connectivity index (χ3v) is 3.12. The van der Waals surface area contributed by atoms with Gasteiger partial charge in [-0.1, -0.05) is 13.8 Å². The Morgan fingerprint density at radius 1 is 1.50 bits per heavy atom. The van der Waals surface area contributed by atoms with Gasteiger partial charge < -0.3 is 4.74 Å². The zero-order valence-electron chi connectivity index (χ0n) is 8.46. The Morgan fingerprint density at radius 3 is 2.79 bits per heavy atom. The van der Waals surface area contributed by atoms with Gasteiger partial charge in [-0.2, -0.15) is 0 Å². The maximum Gasteiger partial charge on any atom is 0.151 e. The summed E-state index contributed by atoms with van der Waals surface area (Å²) in [5, 5.41) is 0. The Bertz CT molecular complexity index is 334. The Labute approximate surface area is 98.2 Å². The van der Waals surface area contributed by atoms with E-state index < -0.39 is 0 Å². The van der Waals surface area contributed by atoms with Crippen molar-refractivity contribution in [2.75, 3.05) is 0 Å². The summed E-state index contributed by atoms with van der Waals surface area (Å²) < 4.78 is 6.75. The molecule has 1 saturated carbocycles. The lowest BCUT2D eigenvalue weighted by Gasteiger charge is -2.10. The van der Waals surface area contributed by atoms with Gasteiger partial charge in [0, 0.05) is 6.20 Å². The molecule has 14 heavy (non-hydrogen) atoms. The van der Waals surface area contributed by atoms with Gasteiger partial charge >= 0.3 is 0 Å². The standard InChI is InChI=1S/C11H14INO/c1-7(2)8-5-10(11(12)13-6-8)14-9-3-4-9/h5-7,9H,3-4H2,1-2H3. The molecule has 0 atom stereocenters. The monoisotopic (exact) mass is 303 g/mol. The highest BCUT2D eigenvalue weighted by Crippen LogP contribution is 2.30. The lowest BCUT2D eigenvalue weighted by atomic mass is 10.1. The van der Waals surface area contributed by atoms with Crippen molar-refractivity contribution in [3.05, 3.63) is 21.5 Å². The summed E-state index contributed by atoms with van der Waals surface area (Å²) in [5.41, 5.74) is 1.25. The number of hydrogen-bond acceptors (Lipinski definition) is 2. The van der Waals surface area contributed by atoms with Crippen LogP contribution in [0, 0.1) is 3.70 Å². The average molecular weight is 303 g/mol. The second kappa shape index (κ2) is 4.04. The predicted octanol–water partition coefficient (Wildman–Crippen LogP) is 3.35. The summed E-state index contributed by atoms with van der Waals surface area (Å²) in [6.07, 6.45) is 4.78. The van der Waals surface area contributed by atoms with E-state index in [-0.39, 0.29) is 0 Å². The van der Waals surface area contributed by atoms with E-state index in [0.717, 1.165) is 9.45 Å². The number of hydrogen-bond donors (Lipinski definition) is 0. The van der Waals surface area contributed by atoms with E-state index in [1.165, 1.54) is 18.4 Å². The molecule has 0 aliphatic heterocycles. The van der Waals surface area contributed by atoms with Crippen molar-refractivity contribution in [2.45, 2.75) is 38.7 Å². The highest BCUT2D eigenvalue weighted by atomic mass is 127. The molecule has 0 unspecified atom stereocenters. The highest BCUT2D eigenvalue weighted by molar-refractivity contribution is 14.1. The van der Waals surface area contributed by atoms with Crippen LogP contribution in [0.25, 0.3) is 0 Å². The van der Waals surface area contributed by atoms with E-state index in [0.29, 0.717) is 12.0 Å². The van der Waals surface area contributed by atoms with E-state index in [4.69, 9.17) is 4.74 Å². The molecule has 1 aromatic rings. The molecule has 3 heteroatoms. The number of rotatable bonds is 3. The first-order valence-corrected chi connectivity index (χ1v) is 6.07. The molecule has 0 radical (unpaired) electrons. The first-order valence-electron chi connectivity index (χ1n) is 4.99. The second-order valence-corrected chi connectivity index (χ2v) is 5.05. The maximum atomic E-state index is 5.78. The fourth-order valence-corrected chi connectivity index (χ4v) is 1.63. The number of ether oxygens (including phenoxy) is 1. The van der Waals surface area contributed by atoms with Crippen molar-refractivity contribution in [3.8, 4) is 5.75 Å². The number of aromatic nitrogens is 1. The highest BCUT2D eigenvalue weighted by Gasteiger charge is 2.24. The molecule has 0 aromatic carbocycles. The zero-order chi connectivity index (χ0) is 10.1. The molecule has 0 amide bonds. The van der Waals surface area contributed by atoms with Crippen LogP contribution in [-0.2, 0) is 0 Å². The first-order chi connectivity index (χ1) is 6.66. The molecular formula is C11H14INO. The van der Waals surface area contributed by atoms with Gasteiger partial charge in [-0.3, -0.25) is 0 Å². The minimum atomic E-state index is 0.452. The van der Waals surface area contributed by atoms with Crippen LogP contribution in [0.3, 0.4) is 0 Å². The Morgan fingerprint density at radius 2 is 2.21 bits per heavy atom. The van der Waals surface area contributed by atoms with Crippen LogP contribution in [0.5, 0.6) is 5.75 Å². The predicted molar refractivity (Wildman–Crippen MR) is 64.7 cm³/mol. The molecule has 1 fully saturated rings. The molecule has 0 saturated heterocycles. The molecule has 2 rings (SSSR count). The van der Waals surface area contributed by atoms with Crippen LogP contribution < -0.4 is 4.74 Å². The van der Waals surface area contributed by atoms with Gasteiger partial charge in [0.2, 0.25) is 0 Å². The summed E-state index contributed by atoms with van der Waals surface area (Å²) in [4.78, 5) is 4.34. The quantitative estimate of drug-likeness (QED) is 0.631. The van der Waals surface area contributed by atoms with Crippen LogP contribution in [0.1, 0.15) is 38.2 Å². The van der Waals surface area contributed by atoms with Crippen LogP contribution >= 0.6 is 22.6 Å².